The average molecular weight is 196 g/mol. The second-order valence-electron chi connectivity index (χ2n) is 3.67. The quantitative estimate of drug-likeness (QED) is 0.707. The van der Waals surface area contributed by atoms with Gasteiger partial charge >= 0.3 is 0 Å². The van der Waals surface area contributed by atoms with Gasteiger partial charge in [0.1, 0.15) is 0 Å². The highest BCUT2D eigenvalue weighted by atomic mass is 15.6. The number of tetrazole rings is 1. The molecule has 2 N–H and O–H groups in total. The van der Waals surface area contributed by atoms with Crippen molar-refractivity contribution in [1.29, 1.82) is 0 Å². The van der Waals surface area contributed by atoms with Crippen molar-refractivity contribution in [2.45, 2.75) is 25.3 Å². The van der Waals surface area contributed by atoms with Crippen LogP contribution in [-0.2, 0) is 7.05 Å². The molecule has 78 valence electrons. The molecule has 1 aliphatic rings. The molecule has 0 aromatic carbocycles. The largest absolute Gasteiger partial charge is 0.337 e. The molecule has 0 spiro atoms. The molecule has 1 aromatic heterocycles. The van der Waals surface area contributed by atoms with E-state index in [0.717, 1.165) is 25.5 Å². The molecule has 0 radical (unpaired) electrons. The number of aryl methyl sites for hydroxylation is 1. The molecule has 1 atom stereocenters. The summed E-state index contributed by atoms with van der Waals surface area (Å²) < 4.78 is 1.72. The maximum Gasteiger partial charge on any atom is 0.245 e. The first-order valence-corrected chi connectivity index (χ1v) is 5.02. The Labute approximate surface area is 83.1 Å². The van der Waals surface area contributed by atoms with Crippen molar-refractivity contribution in [2.24, 2.45) is 12.8 Å². The van der Waals surface area contributed by atoms with Gasteiger partial charge in [-0.25, -0.2) is 4.68 Å². The monoisotopic (exact) mass is 196 g/mol. The second kappa shape index (κ2) is 3.91. The first-order valence-electron chi connectivity index (χ1n) is 5.02. The molecule has 14 heavy (non-hydrogen) atoms. The van der Waals surface area contributed by atoms with E-state index in [4.69, 9.17) is 5.73 Å². The van der Waals surface area contributed by atoms with Crippen LogP contribution >= 0.6 is 0 Å². The highest BCUT2D eigenvalue weighted by Gasteiger charge is 2.27. The van der Waals surface area contributed by atoms with Gasteiger partial charge in [-0.3, -0.25) is 0 Å². The Kier molecular flexibility index (Phi) is 2.62. The van der Waals surface area contributed by atoms with E-state index in [1.165, 1.54) is 12.8 Å². The summed E-state index contributed by atoms with van der Waals surface area (Å²) in [5, 5.41) is 11.5. The summed E-state index contributed by atoms with van der Waals surface area (Å²) in [7, 11) is 1.87. The van der Waals surface area contributed by atoms with E-state index in [9.17, 15) is 0 Å². The second-order valence-corrected chi connectivity index (χ2v) is 3.67. The number of hydrogen-bond acceptors (Lipinski definition) is 5. The van der Waals surface area contributed by atoms with E-state index in [0.29, 0.717) is 6.04 Å². The molecular weight excluding hydrogens is 180 g/mol. The highest BCUT2D eigenvalue weighted by molar-refractivity contribution is 5.31. The van der Waals surface area contributed by atoms with E-state index in [-0.39, 0.29) is 0 Å². The molecule has 0 saturated carbocycles. The van der Waals surface area contributed by atoms with E-state index in [1.54, 1.807) is 4.68 Å². The Morgan fingerprint density at radius 3 is 3.07 bits per heavy atom. The van der Waals surface area contributed by atoms with E-state index < -0.39 is 0 Å². The molecule has 6 heteroatoms. The van der Waals surface area contributed by atoms with Crippen LogP contribution in [0.2, 0.25) is 0 Å². The standard InChI is InChI=1S/C8H16N6/c1-13-8(10-11-12-13)14-6-2-3-7(14)4-5-9/h7H,2-6,9H2,1H3. The minimum atomic E-state index is 0.518. The van der Waals surface area contributed by atoms with Gasteiger partial charge in [-0.05, 0) is 36.2 Å². The molecule has 1 saturated heterocycles. The molecular formula is C8H16N6. The third-order valence-corrected chi connectivity index (χ3v) is 2.73. The van der Waals surface area contributed by atoms with Crippen LogP contribution in [0.5, 0.6) is 0 Å². The van der Waals surface area contributed by atoms with Crippen molar-refractivity contribution in [3.63, 3.8) is 0 Å². The Morgan fingerprint density at radius 1 is 1.57 bits per heavy atom. The van der Waals surface area contributed by atoms with Crippen LogP contribution in [0.4, 0.5) is 5.95 Å². The summed E-state index contributed by atoms with van der Waals surface area (Å²) >= 11 is 0. The number of aromatic nitrogens is 4. The van der Waals surface area contributed by atoms with Crippen LogP contribution in [0.25, 0.3) is 0 Å². The number of anilines is 1. The zero-order valence-corrected chi connectivity index (χ0v) is 8.43. The first-order chi connectivity index (χ1) is 6.83. The Balaban J connectivity index is 2.13. The third kappa shape index (κ3) is 1.57. The van der Waals surface area contributed by atoms with Gasteiger partial charge in [-0.1, -0.05) is 5.10 Å². The van der Waals surface area contributed by atoms with Crippen molar-refractivity contribution in [3.8, 4) is 0 Å². The Morgan fingerprint density at radius 2 is 2.43 bits per heavy atom. The van der Waals surface area contributed by atoms with Gasteiger partial charge in [0.15, 0.2) is 0 Å². The molecule has 1 aliphatic heterocycles. The third-order valence-electron chi connectivity index (χ3n) is 2.73. The fraction of sp³-hybridized carbons (Fsp3) is 0.875. The molecule has 0 aliphatic carbocycles. The van der Waals surface area contributed by atoms with Crippen LogP contribution in [0.1, 0.15) is 19.3 Å². The number of hydrogen-bond donors (Lipinski definition) is 1. The smallest absolute Gasteiger partial charge is 0.245 e. The Bertz CT molecular complexity index is 296. The summed E-state index contributed by atoms with van der Waals surface area (Å²) in [5.74, 6) is 0.862. The van der Waals surface area contributed by atoms with Crippen molar-refractivity contribution in [3.05, 3.63) is 0 Å². The fourth-order valence-electron chi connectivity index (χ4n) is 2.06. The van der Waals surface area contributed by atoms with Gasteiger partial charge in [-0.2, -0.15) is 0 Å². The van der Waals surface area contributed by atoms with Crippen molar-refractivity contribution in [2.75, 3.05) is 18.0 Å². The lowest BCUT2D eigenvalue weighted by atomic mass is 10.1. The fourth-order valence-corrected chi connectivity index (χ4v) is 2.06. The molecule has 0 bridgehead atoms. The lowest BCUT2D eigenvalue weighted by Crippen LogP contribution is -2.33. The molecule has 2 rings (SSSR count). The SMILES string of the molecule is Cn1nnnc1N1CCCC1CCN. The predicted molar refractivity (Wildman–Crippen MR) is 52.8 cm³/mol. The first kappa shape index (κ1) is 9.39. The van der Waals surface area contributed by atoms with Gasteiger partial charge in [0.05, 0.1) is 0 Å². The number of nitrogens with two attached hydrogens (primary N) is 1. The molecule has 1 aromatic rings. The minimum absolute atomic E-state index is 0.518. The summed E-state index contributed by atoms with van der Waals surface area (Å²) in [6.45, 7) is 1.77. The molecule has 0 amide bonds. The van der Waals surface area contributed by atoms with Crippen molar-refractivity contribution in [1.82, 2.24) is 20.2 Å². The van der Waals surface area contributed by atoms with Crippen LogP contribution in [0.15, 0.2) is 0 Å². The maximum atomic E-state index is 5.58. The summed E-state index contributed by atoms with van der Waals surface area (Å²) in [6.07, 6.45) is 3.43. The number of nitrogens with zero attached hydrogens (tertiary/aromatic N) is 5. The van der Waals surface area contributed by atoms with E-state index in [2.05, 4.69) is 20.4 Å². The normalized spacial score (nSPS) is 21.9. The molecule has 6 nitrogen and oxygen atoms in total. The molecule has 1 fully saturated rings. The van der Waals surface area contributed by atoms with E-state index in [1.807, 2.05) is 7.05 Å². The average Bonchev–Trinajstić information content (AvgIpc) is 2.74. The minimum Gasteiger partial charge on any atom is -0.337 e. The van der Waals surface area contributed by atoms with Gasteiger partial charge in [0, 0.05) is 19.6 Å². The van der Waals surface area contributed by atoms with Gasteiger partial charge < -0.3 is 10.6 Å². The van der Waals surface area contributed by atoms with Crippen LogP contribution in [0, 0.1) is 0 Å². The van der Waals surface area contributed by atoms with E-state index >= 15 is 0 Å². The molecule has 1 unspecified atom stereocenters. The van der Waals surface area contributed by atoms with Gasteiger partial charge in [-0.15, -0.1) is 0 Å². The summed E-state index contributed by atoms with van der Waals surface area (Å²) in [5.41, 5.74) is 5.58. The van der Waals surface area contributed by atoms with Crippen molar-refractivity contribution >= 4 is 5.95 Å². The van der Waals surface area contributed by atoms with Crippen LogP contribution in [-0.4, -0.2) is 39.3 Å². The lowest BCUT2D eigenvalue weighted by Gasteiger charge is -2.23. The van der Waals surface area contributed by atoms with Crippen molar-refractivity contribution < 1.29 is 0 Å². The maximum absolute atomic E-state index is 5.58. The van der Waals surface area contributed by atoms with Crippen LogP contribution < -0.4 is 10.6 Å². The summed E-state index contributed by atoms with van der Waals surface area (Å²) in [4.78, 5) is 2.26. The highest BCUT2D eigenvalue weighted by Crippen LogP contribution is 2.23. The lowest BCUT2D eigenvalue weighted by molar-refractivity contribution is 0.595. The summed E-state index contributed by atoms with van der Waals surface area (Å²) in [6, 6.07) is 0.518. The number of rotatable bonds is 3. The van der Waals surface area contributed by atoms with Gasteiger partial charge in [0.25, 0.3) is 0 Å². The molecule has 2 heterocycles. The van der Waals surface area contributed by atoms with Crippen LogP contribution in [0.3, 0.4) is 0 Å². The predicted octanol–water partition coefficient (Wildman–Crippen LogP) is -0.472. The zero-order valence-electron chi connectivity index (χ0n) is 8.43. The zero-order chi connectivity index (χ0) is 9.97. The van der Waals surface area contributed by atoms with Gasteiger partial charge in [0.2, 0.25) is 5.95 Å². The Hall–Kier alpha value is -1.17. The topological polar surface area (TPSA) is 72.9 Å².